The third-order valence-electron chi connectivity index (χ3n) is 5.59. The van der Waals surface area contributed by atoms with Gasteiger partial charge in [-0.3, -0.25) is 4.57 Å². The smallest absolute Gasteiger partial charge is 0.338 e. The molecule has 0 amide bonds. The third kappa shape index (κ3) is 4.38. The van der Waals surface area contributed by atoms with Crippen LogP contribution in [0.5, 0.6) is 0 Å². The van der Waals surface area contributed by atoms with Crippen molar-refractivity contribution in [2.24, 2.45) is 0 Å². The number of carbonyl (C=O) groups is 1. The van der Waals surface area contributed by atoms with Gasteiger partial charge in [0.2, 0.25) is 0 Å². The van der Waals surface area contributed by atoms with Gasteiger partial charge in [0.05, 0.1) is 25.1 Å². The van der Waals surface area contributed by atoms with Crippen LogP contribution in [0.15, 0.2) is 73.3 Å². The topological polar surface area (TPSA) is 109 Å². The van der Waals surface area contributed by atoms with Gasteiger partial charge in [-0.25, -0.2) is 19.7 Å². The number of ether oxygens (including phenoxy) is 3. The van der Waals surface area contributed by atoms with Gasteiger partial charge in [-0.05, 0) is 17.7 Å². The number of benzene rings is 2. The third-order valence-corrected chi connectivity index (χ3v) is 5.87. The Morgan fingerprint density at radius 1 is 1.03 bits per heavy atom. The summed E-state index contributed by atoms with van der Waals surface area (Å²) in [5.74, 6) is -0.539. The number of halogens is 1. The molecule has 3 heterocycles. The zero-order chi connectivity index (χ0) is 23.5. The molecule has 0 radical (unpaired) electrons. The van der Waals surface area contributed by atoms with Gasteiger partial charge in [0.15, 0.2) is 23.1 Å². The molecule has 174 valence electrons. The van der Waals surface area contributed by atoms with Gasteiger partial charge in [0, 0.05) is 0 Å². The minimum atomic E-state index is -0.888. The normalized spacial score (nSPS) is 22.2. The quantitative estimate of drug-likeness (QED) is 0.317. The van der Waals surface area contributed by atoms with Gasteiger partial charge in [0.25, 0.3) is 0 Å². The number of aliphatic hydroxyl groups excluding tert-OH is 1. The van der Waals surface area contributed by atoms with E-state index >= 15 is 0 Å². The van der Waals surface area contributed by atoms with Gasteiger partial charge in [-0.1, -0.05) is 60.1 Å². The van der Waals surface area contributed by atoms with Crippen LogP contribution in [0, 0.1) is 0 Å². The van der Waals surface area contributed by atoms with Crippen LogP contribution in [0.3, 0.4) is 0 Å². The number of esters is 1. The van der Waals surface area contributed by atoms with Gasteiger partial charge in [0.1, 0.15) is 24.1 Å². The highest BCUT2D eigenvalue weighted by atomic mass is 35.5. The fourth-order valence-electron chi connectivity index (χ4n) is 3.94. The molecule has 9 nitrogen and oxygen atoms in total. The summed E-state index contributed by atoms with van der Waals surface area (Å²) < 4.78 is 19.8. The summed E-state index contributed by atoms with van der Waals surface area (Å²) in [6.45, 7) is -0.137. The second-order valence-corrected chi connectivity index (χ2v) is 8.09. The number of rotatable bonds is 7. The molecule has 1 N–H and O–H groups in total. The van der Waals surface area contributed by atoms with Crippen molar-refractivity contribution in [2.45, 2.75) is 31.1 Å². The summed E-state index contributed by atoms with van der Waals surface area (Å²) in [7, 11) is 0. The second-order valence-electron chi connectivity index (χ2n) is 7.73. The maximum atomic E-state index is 12.9. The molecule has 1 saturated heterocycles. The van der Waals surface area contributed by atoms with Crippen LogP contribution in [-0.2, 0) is 20.8 Å². The zero-order valence-corrected chi connectivity index (χ0v) is 18.7. The molecule has 0 spiro atoms. The average Bonchev–Trinajstić information content (AvgIpc) is 3.46. The van der Waals surface area contributed by atoms with E-state index in [0.29, 0.717) is 16.7 Å². The molecule has 4 aromatic rings. The van der Waals surface area contributed by atoms with Crippen molar-refractivity contribution in [1.82, 2.24) is 19.5 Å². The molecule has 1 fully saturated rings. The van der Waals surface area contributed by atoms with E-state index in [1.165, 1.54) is 12.7 Å². The first-order valence-corrected chi connectivity index (χ1v) is 11.0. The summed E-state index contributed by atoms with van der Waals surface area (Å²) in [6, 6.07) is 18.2. The molecular formula is C24H21ClN4O5. The van der Waals surface area contributed by atoms with Crippen molar-refractivity contribution in [3.63, 3.8) is 0 Å². The molecule has 2 aromatic carbocycles. The van der Waals surface area contributed by atoms with Crippen molar-refractivity contribution < 1.29 is 24.1 Å². The highest BCUT2D eigenvalue weighted by Gasteiger charge is 2.49. The molecular weight excluding hydrogens is 460 g/mol. The van der Waals surface area contributed by atoms with Gasteiger partial charge in [-0.2, -0.15) is 0 Å². The molecule has 4 atom stereocenters. The lowest BCUT2D eigenvalue weighted by atomic mass is 10.1. The van der Waals surface area contributed by atoms with Crippen molar-refractivity contribution in [2.75, 3.05) is 6.61 Å². The van der Waals surface area contributed by atoms with Gasteiger partial charge in [-0.15, -0.1) is 0 Å². The Labute approximate surface area is 199 Å². The van der Waals surface area contributed by atoms with Crippen molar-refractivity contribution in [1.29, 1.82) is 0 Å². The van der Waals surface area contributed by atoms with Crippen LogP contribution in [-0.4, -0.2) is 55.5 Å². The predicted molar refractivity (Wildman–Crippen MR) is 122 cm³/mol. The zero-order valence-electron chi connectivity index (χ0n) is 17.9. The second kappa shape index (κ2) is 9.86. The van der Waals surface area contributed by atoms with E-state index in [1.54, 1.807) is 28.8 Å². The summed E-state index contributed by atoms with van der Waals surface area (Å²) in [5.41, 5.74) is 2.16. The molecule has 0 saturated carbocycles. The Morgan fingerprint density at radius 3 is 2.50 bits per heavy atom. The lowest BCUT2D eigenvalue weighted by Gasteiger charge is -2.25. The fourth-order valence-corrected chi connectivity index (χ4v) is 4.12. The predicted octanol–water partition coefficient (Wildman–Crippen LogP) is 3.18. The first kappa shape index (κ1) is 22.4. The maximum Gasteiger partial charge on any atom is 0.338 e. The molecule has 0 unspecified atom stereocenters. The molecule has 0 aliphatic carbocycles. The van der Waals surface area contributed by atoms with Crippen molar-refractivity contribution in [3.05, 3.63) is 89.6 Å². The molecule has 2 aromatic heterocycles. The van der Waals surface area contributed by atoms with Crippen LogP contribution in [0.1, 0.15) is 22.1 Å². The van der Waals surface area contributed by atoms with E-state index in [-0.39, 0.29) is 18.4 Å². The Bertz CT molecular complexity index is 1270. The van der Waals surface area contributed by atoms with Gasteiger partial charge < -0.3 is 19.3 Å². The average molecular weight is 481 g/mol. The van der Waals surface area contributed by atoms with Crippen LogP contribution in [0.4, 0.5) is 0 Å². The summed E-state index contributed by atoms with van der Waals surface area (Å²) in [5, 5.41) is 10.3. The summed E-state index contributed by atoms with van der Waals surface area (Å²) in [4.78, 5) is 25.4. The monoisotopic (exact) mass is 480 g/mol. The van der Waals surface area contributed by atoms with E-state index in [9.17, 15) is 9.90 Å². The Balaban J connectivity index is 1.49. The lowest BCUT2D eigenvalue weighted by Crippen LogP contribution is -2.39. The summed E-state index contributed by atoms with van der Waals surface area (Å²) in [6.07, 6.45) is -0.422. The number of nitrogens with zero attached hydrogens (tertiary/aromatic N) is 4. The van der Waals surface area contributed by atoms with Crippen LogP contribution in [0.2, 0.25) is 5.15 Å². The lowest BCUT2D eigenvalue weighted by molar-refractivity contribution is -0.0776. The number of fused-ring (bicyclic) bond motifs is 1. The first-order chi connectivity index (χ1) is 16.7. The SMILES string of the molecule is O=C(O[C@H]1[C@@H](OCc2ccccc2)[C@H](n2cnc3c(Cl)ncnc32)O[C@@H]1CO)c1ccccc1. The summed E-state index contributed by atoms with van der Waals surface area (Å²) >= 11 is 6.17. The molecule has 10 heteroatoms. The highest BCUT2D eigenvalue weighted by molar-refractivity contribution is 6.33. The van der Waals surface area contributed by atoms with E-state index in [1.807, 2.05) is 36.4 Å². The van der Waals surface area contributed by atoms with Gasteiger partial charge >= 0.3 is 5.97 Å². The van der Waals surface area contributed by atoms with Crippen LogP contribution >= 0.6 is 11.6 Å². The van der Waals surface area contributed by atoms with E-state index < -0.39 is 30.5 Å². The first-order valence-electron chi connectivity index (χ1n) is 10.7. The highest BCUT2D eigenvalue weighted by Crippen LogP contribution is 2.36. The number of hydrogen-bond acceptors (Lipinski definition) is 8. The molecule has 1 aliphatic rings. The maximum absolute atomic E-state index is 12.9. The van der Waals surface area contributed by atoms with Crippen LogP contribution in [0.25, 0.3) is 11.2 Å². The molecule has 0 bridgehead atoms. The number of aliphatic hydroxyl groups is 1. The Hall–Kier alpha value is -3.37. The number of aromatic nitrogens is 4. The molecule has 5 rings (SSSR count). The fraction of sp³-hybridized carbons (Fsp3) is 0.250. The molecule has 1 aliphatic heterocycles. The van der Waals surface area contributed by atoms with Crippen molar-refractivity contribution in [3.8, 4) is 0 Å². The number of hydrogen-bond donors (Lipinski definition) is 1. The largest absolute Gasteiger partial charge is 0.453 e. The minimum Gasteiger partial charge on any atom is -0.453 e. The Kier molecular flexibility index (Phi) is 6.50. The molecule has 34 heavy (non-hydrogen) atoms. The van der Waals surface area contributed by atoms with E-state index in [4.69, 9.17) is 25.8 Å². The standard InChI is InChI=1S/C24H21ClN4O5/c25-21-18-22(27-13-26-21)29(14-28-18)23-20(32-12-15-7-3-1-4-8-15)19(17(11-30)33-23)34-24(31)16-9-5-2-6-10-16/h1-10,13-14,17,19-20,23,30H,11-12H2/t17-,19-,20-,23-/m1/s1. The minimum absolute atomic E-state index is 0.203. The number of carbonyl (C=O) groups excluding carboxylic acids is 1. The number of imidazole rings is 1. The van der Waals surface area contributed by atoms with Crippen LogP contribution < -0.4 is 0 Å². The van der Waals surface area contributed by atoms with Crippen molar-refractivity contribution >= 4 is 28.7 Å². The van der Waals surface area contributed by atoms with E-state index in [2.05, 4.69) is 15.0 Å². The van der Waals surface area contributed by atoms with E-state index in [0.717, 1.165) is 5.56 Å². The Morgan fingerprint density at radius 2 is 1.76 bits per heavy atom.